The Morgan fingerprint density at radius 3 is 2.33 bits per heavy atom. The number of benzene rings is 1. The van der Waals surface area contributed by atoms with E-state index in [1.807, 2.05) is 11.8 Å². The van der Waals surface area contributed by atoms with E-state index in [1.54, 1.807) is 0 Å². The minimum atomic E-state index is 0.418. The first-order valence-electron chi connectivity index (χ1n) is 6.96. The Kier molecular flexibility index (Phi) is 7.25. The molecule has 18 heavy (non-hydrogen) atoms. The van der Waals surface area contributed by atoms with Crippen LogP contribution in [0.3, 0.4) is 0 Å². The Morgan fingerprint density at radius 2 is 1.83 bits per heavy atom. The molecule has 1 aromatic carbocycles. The van der Waals surface area contributed by atoms with E-state index in [9.17, 15) is 0 Å². The summed E-state index contributed by atoms with van der Waals surface area (Å²) < 4.78 is 0. The lowest BCUT2D eigenvalue weighted by Crippen LogP contribution is -2.25. The van der Waals surface area contributed by atoms with E-state index < -0.39 is 0 Å². The van der Waals surface area contributed by atoms with Gasteiger partial charge in [-0.25, -0.2) is 0 Å². The first kappa shape index (κ1) is 16.0. The van der Waals surface area contributed by atoms with Gasteiger partial charge < -0.3 is 0 Å². The van der Waals surface area contributed by atoms with Crippen molar-refractivity contribution in [3.63, 3.8) is 0 Å². The highest BCUT2D eigenvalue weighted by molar-refractivity contribution is 7.99. The van der Waals surface area contributed by atoms with Crippen molar-refractivity contribution in [2.45, 2.75) is 51.3 Å². The first-order chi connectivity index (χ1) is 8.65. The summed E-state index contributed by atoms with van der Waals surface area (Å²) in [4.78, 5) is 1.40. The average Bonchev–Trinajstić information content (AvgIpc) is 2.37. The Bertz CT molecular complexity index is 341. The van der Waals surface area contributed by atoms with Gasteiger partial charge in [-0.2, -0.15) is 12.6 Å². The third-order valence-corrected chi connectivity index (χ3v) is 5.45. The summed E-state index contributed by atoms with van der Waals surface area (Å²) in [5, 5.41) is 0. The molecule has 0 amide bonds. The van der Waals surface area contributed by atoms with Crippen LogP contribution in [0.5, 0.6) is 0 Å². The van der Waals surface area contributed by atoms with Gasteiger partial charge in [0.2, 0.25) is 0 Å². The average molecular weight is 283 g/mol. The lowest BCUT2D eigenvalue weighted by molar-refractivity contribution is 0.318. The maximum absolute atomic E-state index is 4.62. The van der Waals surface area contributed by atoms with Crippen LogP contribution in [-0.4, -0.2) is 11.5 Å². The summed E-state index contributed by atoms with van der Waals surface area (Å²) in [5.74, 6) is 2.20. The van der Waals surface area contributed by atoms with Crippen molar-refractivity contribution in [3.8, 4) is 0 Å². The molecule has 1 aromatic rings. The zero-order chi connectivity index (χ0) is 13.4. The van der Waals surface area contributed by atoms with Gasteiger partial charge in [-0.15, -0.1) is 11.8 Å². The van der Waals surface area contributed by atoms with Crippen molar-refractivity contribution < 1.29 is 0 Å². The molecular weight excluding hydrogens is 256 g/mol. The van der Waals surface area contributed by atoms with E-state index in [4.69, 9.17) is 0 Å². The van der Waals surface area contributed by atoms with E-state index in [-0.39, 0.29) is 0 Å². The van der Waals surface area contributed by atoms with Crippen LogP contribution >= 0.6 is 24.4 Å². The van der Waals surface area contributed by atoms with E-state index in [0.29, 0.717) is 5.41 Å². The predicted molar refractivity (Wildman–Crippen MR) is 88.0 cm³/mol. The van der Waals surface area contributed by atoms with Gasteiger partial charge in [0.25, 0.3) is 0 Å². The molecule has 1 rings (SSSR count). The minimum Gasteiger partial charge on any atom is -0.179 e. The van der Waals surface area contributed by atoms with Crippen LogP contribution in [0.15, 0.2) is 29.2 Å². The first-order valence-corrected chi connectivity index (χ1v) is 8.58. The molecule has 0 heterocycles. The third-order valence-electron chi connectivity index (χ3n) is 3.43. The van der Waals surface area contributed by atoms with Crippen LogP contribution in [0.25, 0.3) is 0 Å². The Morgan fingerprint density at radius 1 is 1.17 bits per heavy atom. The van der Waals surface area contributed by atoms with Crippen LogP contribution in [0.1, 0.15) is 45.1 Å². The van der Waals surface area contributed by atoms with Gasteiger partial charge in [0, 0.05) is 10.6 Å². The highest BCUT2D eigenvalue weighted by Crippen LogP contribution is 2.37. The second-order valence-corrected chi connectivity index (χ2v) is 6.63. The van der Waals surface area contributed by atoms with Crippen LogP contribution in [0, 0.1) is 12.3 Å². The topological polar surface area (TPSA) is 0 Å². The molecular formula is C16H26S2. The monoisotopic (exact) mass is 282 g/mol. The molecule has 2 heteroatoms. The fraction of sp³-hybridized carbons (Fsp3) is 0.625. The smallest absolute Gasteiger partial charge is 0.00747 e. The zero-order valence-corrected chi connectivity index (χ0v) is 13.6. The standard InChI is InChI=1S/C16H26S2/c1-4-9-16(12-17,10-5-2)13-18-15-8-6-7-14(3)11-15/h6-8,11,17H,4-5,9-10,12-13H2,1-3H3. The van der Waals surface area contributed by atoms with Gasteiger partial charge >= 0.3 is 0 Å². The van der Waals surface area contributed by atoms with E-state index in [1.165, 1.54) is 41.9 Å². The largest absolute Gasteiger partial charge is 0.179 e. The second-order valence-electron chi connectivity index (χ2n) is 5.26. The SMILES string of the molecule is CCCC(CS)(CCC)CSc1cccc(C)c1. The van der Waals surface area contributed by atoms with Crippen molar-refractivity contribution in [2.75, 3.05) is 11.5 Å². The van der Waals surface area contributed by atoms with Gasteiger partial charge in [-0.05, 0) is 43.1 Å². The van der Waals surface area contributed by atoms with Crippen molar-refractivity contribution in [1.82, 2.24) is 0 Å². The summed E-state index contributed by atoms with van der Waals surface area (Å²) >= 11 is 6.62. The lowest BCUT2D eigenvalue weighted by atomic mass is 9.83. The molecule has 0 fully saturated rings. The van der Waals surface area contributed by atoms with E-state index >= 15 is 0 Å². The van der Waals surface area contributed by atoms with Crippen LogP contribution < -0.4 is 0 Å². The van der Waals surface area contributed by atoms with Crippen LogP contribution in [0.4, 0.5) is 0 Å². The van der Waals surface area contributed by atoms with Crippen LogP contribution in [0.2, 0.25) is 0 Å². The number of thioether (sulfide) groups is 1. The summed E-state index contributed by atoms with van der Waals surface area (Å²) in [6, 6.07) is 8.82. The van der Waals surface area contributed by atoms with Gasteiger partial charge in [-0.1, -0.05) is 44.4 Å². The molecule has 0 radical (unpaired) electrons. The summed E-state index contributed by atoms with van der Waals surface area (Å²) in [6.45, 7) is 6.73. The maximum atomic E-state index is 4.62. The molecule has 0 saturated heterocycles. The highest BCUT2D eigenvalue weighted by atomic mass is 32.2. The van der Waals surface area contributed by atoms with Crippen molar-refractivity contribution in [1.29, 1.82) is 0 Å². The maximum Gasteiger partial charge on any atom is 0.00747 e. The number of hydrogen-bond donors (Lipinski definition) is 1. The predicted octanol–water partition coefficient (Wildman–Crippen LogP) is 5.60. The van der Waals surface area contributed by atoms with Crippen LogP contribution in [-0.2, 0) is 0 Å². The zero-order valence-electron chi connectivity index (χ0n) is 11.9. The fourth-order valence-corrected chi connectivity index (χ4v) is 4.36. The molecule has 0 N–H and O–H groups in total. The Hall–Kier alpha value is -0.0800. The number of hydrogen-bond acceptors (Lipinski definition) is 2. The number of aryl methyl sites for hydroxylation is 1. The molecule has 102 valence electrons. The van der Waals surface area contributed by atoms with Crippen molar-refractivity contribution >= 4 is 24.4 Å². The molecule has 0 spiro atoms. The van der Waals surface area contributed by atoms with Gasteiger partial charge in [-0.3, -0.25) is 0 Å². The third kappa shape index (κ3) is 4.89. The number of thiol groups is 1. The van der Waals surface area contributed by atoms with Gasteiger partial charge in [0.15, 0.2) is 0 Å². The van der Waals surface area contributed by atoms with Crippen molar-refractivity contribution in [3.05, 3.63) is 29.8 Å². The summed E-state index contributed by atoms with van der Waals surface area (Å²) in [6.07, 6.45) is 5.11. The quantitative estimate of drug-likeness (QED) is 0.478. The molecule has 0 aromatic heterocycles. The molecule has 0 unspecified atom stereocenters. The highest BCUT2D eigenvalue weighted by Gasteiger charge is 2.26. The van der Waals surface area contributed by atoms with E-state index in [0.717, 1.165) is 5.75 Å². The Balaban J connectivity index is 2.66. The Labute approximate surface area is 122 Å². The fourth-order valence-electron chi connectivity index (χ4n) is 2.48. The molecule has 0 nitrogen and oxygen atoms in total. The molecule has 0 saturated carbocycles. The molecule has 0 aliphatic heterocycles. The van der Waals surface area contributed by atoms with Gasteiger partial charge in [0.1, 0.15) is 0 Å². The summed E-state index contributed by atoms with van der Waals surface area (Å²) in [7, 11) is 0. The van der Waals surface area contributed by atoms with Gasteiger partial charge in [0.05, 0.1) is 0 Å². The second kappa shape index (κ2) is 8.16. The van der Waals surface area contributed by atoms with E-state index in [2.05, 4.69) is 57.7 Å². The minimum absolute atomic E-state index is 0.418. The molecule has 0 aliphatic rings. The molecule has 0 atom stereocenters. The molecule has 0 aliphatic carbocycles. The lowest BCUT2D eigenvalue weighted by Gasteiger charge is -2.31. The number of rotatable bonds is 8. The molecule has 0 bridgehead atoms. The summed E-state index contributed by atoms with van der Waals surface area (Å²) in [5.41, 5.74) is 1.77. The normalized spacial score (nSPS) is 11.8. The van der Waals surface area contributed by atoms with Crippen molar-refractivity contribution in [2.24, 2.45) is 5.41 Å².